The molecular formula is C12H23NO3S. The van der Waals surface area contributed by atoms with Crippen LogP contribution in [-0.2, 0) is 9.59 Å². The number of hydrogen-bond donors (Lipinski definition) is 2. The minimum atomic E-state index is -0.898. The number of hydrogen-bond acceptors (Lipinski definition) is 3. The second-order valence-corrected chi connectivity index (χ2v) is 5.91. The van der Waals surface area contributed by atoms with Crippen LogP contribution in [-0.4, -0.2) is 35.0 Å². The van der Waals surface area contributed by atoms with E-state index in [-0.39, 0.29) is 12.5 Å². The van der Waals surface area contributed by atoms with E-state index in [1.807, 2.05) is 0 Å². The third-order valence-corrected chi connectivity index (χ3v) is 3.49. The molecule has 0 unspecified atom stereocenters. The van der Waals surface area contributed by atoms with Crippen molar-refractivity contribution in [3.05, 3.63) is 0 Å². The Kier molecular flexibility index (Phi) is 8.04. The molecular weight excluding hydrogens is 238 g/mol. The molecule has 0 aliphatic heterocycles. The van der Waals surface area contributed by atoms with Crippen molar-refractivity contribution in [2.24, 2.45) is 5.41 Å². The first-order chi connectivity index (χ1) is 7.90. The summed E-state index contributed by atoms with van der Waals surface area (Å²) in [6, 6.07) is 0. The fourth-order valence-electron chi connectivity index (χ4n) is 0.997. The maximum atomic E-state index is 11.4. The minimum Gasteiger partial charge on any atom is -0.481 e. The maximum absolute atomic E-state index is 11.4. The van der Waals surface area contributed by atoms with Crippen molar-refractivity contribution in [1.29, 1.82) is 0 Å². The summed E-state index contributed by atoms with van der Waals surface area (Å²) < 4.78 is 0. The summed E-state index contributed by atoms with van der Waals surface area (Å²) in [5, 5.41) is 11.5. The first kappa shape index (κ1) is 16.3. The molecule has 4 nitrogen and oxygen atoms in total. The molecule has 0 atom stereocenters. The zero-order chi connectivity index (χ0) is 13.3. The summed E-state index contributed by atoms with van der Waals surface area (Å²) in [5.74, 6) is 0.933. The Morgan fingerprint density at radius 2 is 1.94 bits per heavy atom. The Balaban J connectivity index is 3.63. The highest BCUT2D eigenvalue weighted by molar-refractivity contribution is 7.99. The van der Waals surface area contributed by atoms with Crippen LogP contribution in [0.1, 0.15) is 40.0 Å². The van der Waals surface area contributed by atoms with E-state index in [0.29, 0.717) is 6.42 Å². The van der Waals surface area contributed by atoms with Crippen LogP contribution in [0.5, 0.6) is 0 Å². The Bertz CT molecular complexity index is 254. The molecule has 5 heteroatoms. The number of carbonyl (C=O) groups is 2. The maximum Gasteiger partial charge on any atom is 0.310 e. The Hall–Kier alpha value is -0.710. The van der Waals surface area contributed by atoms with Crippen molar-refractivity contribution in [3.8, 4) is 0 Å². The first-order valence-electron chi connectivity index (χ1n) is 5.98. The van der Waals surface area contributed by atoms with Crippen molar-refractivity contribution in [2.75, 3.05) is 18.1 Å². The molecule has 2 N–H and O–H groups in total. The Labute approximate surface area is 108 Å². The number of carboxylic acid groups (broad SMARTS) is 1. The molecule has 0 aliphatic carbocycles. The van der Waals surface area contributed by atoms with Gasteiger partial charge < -0.3 is 10.4 Å². The average Bonchev–Trinajstić information content (AvgIpc) is 2.26. The average molecular weight is 261 g/mol. The fraction of sp³-hybridized carbons (Fsp3) is 0.833. The number of nitrogens with one attached hydrogen (secondary N) is 1. The van der Waals surface area contributed by atoms with Gasteiger partial charge in [0.2, 0.25) is 5.91 Å². The van der Waals surface area contributed by atoms with Gasteiger partial charge in [0.05, 0.1) is 5.41 Å². The topological polar surface area (TPSA) is 66.4 Å². The van der Waals surface area contributed by atoms with Crippen LogP contribution in [0.4, 0.5) is 0 Å². The molecule has 1 amide bonds. The van der Waals surface area contributed by atoms with Gasteiger partial charge in [-0.25, -0.2) is 0 Å². The van der Waals surface area contributed by atoms with Crippen LogP contribution >= 0.6 is 11.8 Å². The zero-order valence-corrected chi connectivity index (χ0v) is 11.7. The lowest BCUT2D eigenvalue weighted by Gasteiger charge is -2.19. The van der Waals surface area contributed by atoms with Crippen LogP contribution < -0.4 is 5.32 Å². The number of thioether (sulfide) groups is 1. The van der Waals surface area contributed by atoms with Gasteiger partial charge in [0.15, 0.2) is 0 Å². The molecule has 0 rings (SSSR count). The quantitative estimate of drug-likeness (QED) is 0.624. The summed E-state index contributed by atoms with van der Waals surface area (Å²) >= 11 is 1.77. The van der Waals surface area contributed by atoms with Crippen molar-refractivity contribution >= 4 is 23.6 Å². The lowest BCUT2D eigenvalue weighted by Crippen LogP contribution is -2.39. The molecule has 0 heterocycles. The number of carbonyl (C=O) groups excluding carboxylic acids is 1. The summed E-state index contributed by atoms with van der Waals surface area (Å²) in [6.07, 6.45) is 2.81. The van der Waals surface area contributed by atoms with E-state index in [1.165, 1.54) is 12.8 Å². The van der Waals surface area contributed by atoms with Gasteiger partial charge in [0.1, 0.15) is 0 Å². The number of carboxylic acids is 1. The van der Waals surface area contributed by atoms with Gasteiger partial charge in [-0.2, -0.15) is 11.8 Å². The van der Waals surface area contributed by atoms with E-state index >= 15 is 0 Å². The minimum absolute atomic E-state index is 0.0664. The first-order valence-corrected chi connectivity index (χ1v) is 7.13. The predicted octanol–water partition coefficient (Wildman–Crippen LogP) is 2.14. The fourth-order valence-corrected chi connectivity index (χ4v) is 2.02. The van der Waals surface area contributed by atoms with Crippen LogP contribution in [0.2, 0.25) is 0 Å². The Morgan fingerprint density at radius 1 is 1.29 bits per heavy atom. The second-order valence-electron chi connectivity index (χ2n) is 4.68. The summed E-state index contributed by atoms with van der Waals surface area (Å²) in [4.78, 5) is 22.2. The summed E-state index contributed by atoms with van der Waals surface area (Å²) in [7, 11) is 0. The van der Waals surface area contributed by atoms with Gasteiger partial charge >= 0.3 is 5.97 Å². The standard InChI is InChI=1S/C12H23NO3S/c1-4-5-7-17-8-6-10(14)13-9-12(2,3)11(15)16/h4-9H2,1-3H3,(H,13,14)(H,15,16). The van der Waals surface area contributed by atoms with Gasteiger partial charge in [-0.15, -0.1) is 0 Å². The molecule has 0 bridgehead atoms. The lowest BCUT2D eigenvalue weighted by molar-refractivity contribution is -0.146. The largest absolute Gasteiger partial charge is 0.481 e. The second kappa shape index (κ2) is 8.39. The van der Waals surface area contributed by atoms with Gasteiger partial charge in [-0.1, -0.05) is 13.3 Å². The zero-order valence-electron chi connectivity index (χ0n) is 10.9. The lowest BCUT2D eigenvalue weighted by atomic mass is 9.94. The third-order valence-electron chi connectivity index (χ3n) is 2.42. The van der Waals surface area contributed by atoms with Crippen LogP contribution in [0.3, 0.4) is 0 Å². The van der Waals surface area contributed by atoms with Crippen LogP contribution in [0.25, 0.3) is 0 Å². The number of rotatable bonds is 9. The molecule has 0 fully saturated rings. The Morgan fingerprint density at radius 3 is 2.47 bits per heavy atom. The molecule has 0 saturated heterocycles. The third kappa shape index (κ3) is 8.07. The molecule has 0 radical (unpaired) electrons. The number of amides is 1. The number of unbranched alkanes of at least 4 members (excludes halogenated alkanes) is 1. The van der Waals surface area contributed by atoms with E-state index < -0.39 is 11.4 Å². The van der Waals surface area contributed by atoms with Crippen molar-refractivity contribution in [2.45, 2.75) is 40.0 Å². The van der Waals surface area contributed by atoms with Crippen LogP contribution in [0.15, 0.2) is 0 Å². The van der Waals surface area contributed by atoms with Gasteiger partial charge in [0, 0.05) is 18.7 Å². The van der Waals surface area contributed by atoms with Crippen molar-refractivity contribution < 1.29 is 14.7 Å². The highest BCUT2D eigenvalue weighted by Gasteiger charge is 2.27. The molecule has 100 valence electrons. The molecule has 0 saturated carbocycles. The van der Waals surface area contributed by atoms with E-state index in [2.05, 4.69) is 12.2 Å². The molecule has 0 aliphatic rings. The van der Waals surface area contributed by atoms with Gasteiger partial charge in [-0.05, 0) is 26.0 Å². The predicted molar refractivity (Wildman–Crippen MR) is 71.3 cm³/mol. The van der Waals surface area contributed by atoms with E-state index in [9.17, 15) is 9.59 Å². The normalized spacial score (nSPS) is 11.2. The van der Waals surface area contributed by atoms with E-state index in [1.54, 1.807) is 25.6 Å². The van der Waals surface area contributed by atoms with Crippen molar-refractivity contribution in [3.63, 3.8) is 0 Å². The number of aliphatic carboxylic acids is 1. The molecule has 0 aromatic heterocycles. The summed E-state index contributed by atoms with van der Waals surface area (Å²) in [5.41, 5.74) is -0.898. The smallest absolute Gasteiger partial charge is 0.310 e. The summed E-state index contributed by atoms with van der Waals surface area (Å²) in [6.45, 7) is 5.53. The van der Waals surface area contributed by atoms with Gasteiger partial charge in [-0.3, -0.25) is 9.59 Å². The van der Waals surface area contributed by atoms with E-state index in [4.69, 9.17) is 5.11 Å². The van der Waals surface area contributed by atoms with Crippen LogP contribution in [0, 0.1) is 5.41 Å². The molecule has 0 aromatic rings. The molecule has 0 aromatic carbocycles. The SMILES string of the molecule is CCCCSCCC(=O)NCC(C)(C)C(=O)O. The van der Waals surface area contributed by atoms with Crippen molar-refractivity contribution in [1.82, 2.24) is 5.32 Å². The highest BCUT2D eigenvalue weighted by atomic mass is 32.2. The van der Waals surface area contributed by atoms with E-state index in [0.717, 1.165) is 11.5 Å². The monoisotopic (exact) mass is 261 g/mol. The highest BCUT2D eigenvalue weighted by Crippen LogP contribution is 2.13. The molecule has 0 spiro atoms. The van der Waals surface area contributed by atoms with Gasteiger partial charge in [0.25, 0.3) is 0 Å². The molecule has 17 heavy (non-hydrogen) atoms.